The molecule has 21 heavy (non-hydrogen) atoms. The third-order valence-corrected chi connectivity index (χ3v) is 3.83. The number of anilines is 2. The molecule has 0 radical (unpaired) electrons. The Morgan fingerprint density at radius 1 is 1.33 bits per heavy atom. The largest absolute Gasteiger partial charge is 0.447 e. The molecule has 1 N–H and O–H groups in total. The predicted molar refractivity (Wildman–Crippen MR) is 80.2 cm³/mol. The first-order valence-corrected chi connectivity index (χ1v) is 7.24. The standard InChI is InChI=1S/C16H18N2O3/c19-15(12-5-2-1-3-6-12)17-13-7-4-8-14(11-13)18-9-10-21-16(18)20/h1-2,4,7-8,11-12H,3,5-6,9-10H2,(H,17,19)/t12-/m1/s1. The molecule has 0 bridgehead atoms. The fraction of sp³-hybridized carbons (Fsp3) is 0.375. The second kappa shape index (κ2) is 5.99. The van der Waals surface area contributed by atoms with Crippen LogP contribution in [0.15, 0.2) is 36.4 Å². The van der Waals surface area contributed by atoms with Gasteiger partial charge in [-0.2, -0.15) is 0 Å². The molecule has 1 aliphatic carbocycles. The van der Waals surface area contributed by atoms with E-state index < -0.39 is 0 Å². The van der Waals surface area contributed by atoms with Crippen LogP contribution < -0.4 is 10.2 Å². The molecule has 5 nitrogen and oxygen atoms in total. The number of ether oxygens (including phenoxy) is 1. The lowest BCUT2D eigenvalue weighted by Gasteiger charge is -2.18. The number of hydrogen-bond acceptors (Lipinski definition) is 3. The molecule has 1 aromatic carbocycles. The molecule has 1 aromatic rings. The Balaban J connectivity index is 1.69. The zero-order chi connectivity index (χ0) is 14.7. The predicted octanol–water partition coefficient (Wildman–Crippen LogP) is 2.94. The normalized spacial score (nSPS) is 21.2. The fourth-order valence-electron chi connectivity index (χ4n) is 2.66. The van der Waals surface area contributed by atoms with Crippen molar-refractivity contribution in [2.24, 2.45) is 5.92 Å². The molecule has 3 rings (SSSR count). The van der Waals surface area contributed by atoms with Crippen molar-refractivity contribution in [3.63, 3.8) is 0 Å². The van der Waals surface area contributed by atoms with Crippen LogP contribution in [0.3, 0.4) is 0 Å². The van der Waals surface area contributed by atoms with Crippen LogP contribution >= 0.6 is 0 Å². The molecular weight excluding hydrogens is 268 g/mol. The number of cyclic esters (lactones) is 1. The zero-order valence-electron chi connectivity index (χ0n) is 11.7. The molecule has 0 spiro atoms. The molecule has 1 fully saturated rings. The van der Waals surface area contributed by atoms with Gasteiger partial charge in [0.05, 0.1) is 6.54 Å². The van der Waals surface area contributed by atoms with E-state index in [4.69, 9.17) is 4.74 Å². The highest BCUT2D eigenvalue weighted by Gasteiger charge is 2.24. The van der Waals surface area contributed by atoms with Crippen molar-refractivity contribution in [2.75, 3.05) is 23.4 Å². The van der Waals surface area contributed by atoms with Gasteiger partial charge in [-0.25, -0.2) is 4.79 Å². The van der Waals surface area contributed by atoms with Crippen LogP contribution in [0.5, 0.6) is 0 Å². The molecule has 0 saturated carbocycles. The van der Waals surface area contributed by atoms with Gasteiger partial charge in [0, 0.05) is 17.3 Å². The number of amides is 2. The highest BCUT2D eigenvalue weighted by molar-refractivity contribution is 5.94. The van der Waals surface area contributed by atoms with Crippen molar-refractivity contribution in [3.05, 3.63) is 36.4 Å². The van der Waals surface area contributed by atoms with Gasteiger partial charge in [0.15, 0.2) is 0 Å². The number of nitrogens with zero attached hydrogens (tertiary/aromatic N) is 1. The van der Waals surface area contributed by atoms with Crippen LogP contribution in [0.4, 0.5) is 16.2 Å². The Morgan fingerprint density at radius 2 is 2.24 bits per heavy atom. The smallest absolute Gasteiger partial charge is 0.414 e. The minimum atomic E-state index is -0.337. The Labute approximate surface area is 123 Å². The van der Waals surface area contributed by atoms with Gasteiger partial charge in [0.2, 0.25) is 5.91 Å². The second-order valence-electron chi connectivity index (χ2n) is 5.29. The summed E-state index contributed by atoms with van der Waals surface area (Å²) in [6.07, 6.45) is 6.48. The van der Waals surface area contributed by atoms with E-state index in [1.165, 1.54) is 0 Å². The number of carbonyl (C=O) groups excluding carboxylic acids is 2. The fourth-order valence-corrected chi connectivity index (χ4v) is 2.66. The lowest BCUT2D eigenvalue weighted by Crippen LogP contribution is -2.25. The number of rotatable bonds is 3. The maximum Gasteiger partial charge on any atom is 0.414 e. The number of hydrogen-bond donors (Lipinski definition) is 1. The first kappa shape index (κ1) is 13.7. The summed E-state index contributed by atoms with van der Waals surface area (Å²) in [4.78, 5) is 25.3. The molecule has 2 amide bonds. The summed E-state index contributed by atoms with van der Waals surface area (Å²) < 4.78 is 4.93. The van der Waals surface area contributed by atoms with E-state index in [1.54, 1.807) is 4.90 Å². The molecule has 1 aliphatic heterocycles. The lowest BCUT2D eigenvalue weighted by molar-refractivity contribution is -0.120. The average Bonchev–Trinajstić information content (AvgIpc) is 2.94. The van der Waals surface area contributed by atoms with Gasteiger partial charge >= 0.3 is 6.09 Å². The molecular formula is C16H18N2O3. The van der Waals surface area contributed by atoms with Crippen LogP contribution in [0.2, 0.25) is 0 Å². The zero-order valence-corrected chi connectivity index (χ0v) is 11.7. The van der Waals surface area contributed by atoms with Gasteiger partial charge in [-0.05, 0) is 37.5 Å². The van der Waals surface area contributed by atoms with Crippen molar-refractivity contribution in [1.82, 2.24) is 0 Å². The van der Waals surface area contributed by atoms with E-state index in [0.29, 0.717) is 18.8 Å². The van der Waals surface area contributed by atoms with Crippen molar-refractivity contribution < 1.29 is 14.3 Å². The molecule has 0 aromatic heterocycles. The second-order valence-corrected chi connectivity index (χ2v) is 5.29. The van der Waals surface area contributed by atoms with E-state index in [1.807, 2.05) is 24.3 Å². The van der Waals surface area contributed by atoms with Crippen LogP contribution in [0.1, 0.15) is 19.3 Å². The van der Waals surface area contributed by atoms with Crippen molar-refractivity contribution in [3.8, 4) is 0 Å². The molecule has 1 heterocycles. The molecule has 5 heteroatoms. The third kappa shape index (κ3) is 3.07. The van der Waals surface area contributed by atoms with Gasteiger partial charge in [0.1, 0.15) is 6.61 Å². The summed E-state index contributed by atoms with van der Waals surface area (Å²) in [5.74, 6) is 0.0795. The van der Waals surface area contributed by atoms with Crippen molar-refractivity contribution >= 4 is 23.4 Å². The summed E-state index contributed by atoms with van der Waals surface area (Å²) in [5.41, 5.74) is 1.46. The Morgan fingerprint density at radius 3 is 2.95 bits per heavy atom. The van der Waals surface area contributed by atoms with E-state index >= 15 is 0 Å². The van der Waals surface area contributed by atoms with Crippen LogP contribution in [0.25, 0.3) is 0 Å². The third-order valence-electron chi connectivity index (χ3n) is 3.83. The summed E-state index contributed by atoms with van der Waals surface area (Å²) in [6.45, 7) is 0.952. The van der Waals surface area contributed by atoms with Crippen LogP contribution in [-0.2, 0) is 9.53 Å². The number of allylic oxidation sites excluding steroid dienone is 2. The molecule has 1 saturated heterocycles. The first-order valence-electron chi connectivity index (χ1n) is 7.24. The summed E-state index contributed by atoms with van der Waals surface area (Å²) in [5, 5.41) is 2.94. The Kier molecular flexibility index (Phi) is 3.90. The highest BCUT2D eigenvalue weighted by atomic mass is 16.6. The topological polar surface area (TPSA) is 58.6 Å². The van der Waals surface area contributed by atoms with Gasteiger partial charge in [-0.1, -0.05) is 18.2 Å². The van der Waals surface area contributed by atoms with Gasteiger partial charge < -0.3 is 10.1 Å². The monoisotopic (exact) mass is 286 g/mol. The summed E-state index contributed by atoms with van der Waals surface area (Å²) in [7, 11) is 0. The molecule has 110 valence electrons. The van der Waals surface area contributed by atoms with E-state index in [9.17, 15) is 9.59 Å². The number of benzene rings is 1. The quantitative estimate of drug-likeness (QED) is 0.869. The molecule has 0 unspecified atom stereocenters. The number of carbonyl (C=O) groups is 2. The van der Waals surface area contributed by atoms with Gasteiger partial charge in [-0.15, -0.1) is 0 Å². The maximum absolute atomic E-state index is 12.2. The van der Waals surface area contributed by atoms with E-state index in [2.05, 4.69) is 17.5 Å². The average molecular weight is 286 g/mol. The Bertz CT molecular complexity index is 583. The maximum atomic E-state index is 12.2. The molecule has 2 aliphatic rings. The van der Waals surface area contributed by atoms with Gasteiger partial charge in [-0.3, -0.25) is 9.69 Å². The van der Waals surface area contributed by atoms with Gasteiger partial charge in [0.25, 0.3) is 0 Å². The Hall–Kier alpha value is -2.30. The minimum Gasteiger partial charge on any atom is -0.447 e. The van der Waals surface area contributed by atoms with E-state index in [0.717, 1.165) is 24.9 Å². The molecule has 1 atom stereocenters. The van der Waals surface area contributed by atoms with Crippen LogP contribution in [-0.4, -0.2) is 25.2 Å². The lowest BCUT2D eigenvalue weighted by atomic mass is 9.93. The SMILES string of the molecule is O=C(Nc1cccc(N2CCOC2=O)c1)[C@@H]1CC=CCC1. The summed E-state index contributed by atoms with van der Waals surface area (Å²) in [6, 6.07) is 7.31. The van der Waals surface area contributed by atoms with E-state index in [-0.39, 0.29) is 17.9 Å². The minimum absolute atomic E-state index is 0.0374. The van der Waals surface area contributed by atoms with Crippen LogP contribution in [0, 0.1) is 5.92 Å². The summed E-state index contributed by atoms with van der Waals surface area (Å²) >= 11 is 0. The number of nitrogens with one attached hydrogen (secondary N) is 1. The van der Waals surface area contributed by atoms with Crippen molar-refractivity contribution in [1.29, 1.82) is 0 Å². The first-order chi connectivity index (χ1) is 10.2. The van der Waals surface area contributed by atoms with Crippen molar-refractivity contribution in [2.45, 2.75) is 19.3 Å². The highest BCUT2D eigenvalue weighted by Crippen LogP contribution is 2.24.